The lowest BCUT2D eigenvalue weighted by atomic mass is 10.3. The fraction of sp³-hybridized carbons (Fsp3) is 0.333. The second kappa shape index (κ2) is 5.05. The molecule has 7 heteroatoms. The van der Waals surface area contributed by atoms with E-state index in [2.05, 4.69) is 20.3 Å². The summed E-state index contributed by atoms with van der Waals surface area (Å²) < 4.78 is 5.38. The first-order valence-corrected chi connectivity index (χ1v) is 5.73. The van der Waals surface area contributed by atoms with E-state index in [1.165, 1.54) is 6.07 Å². The maximum atomic E-state index is 10.9. The zero-order valence-electron chi connectivity index (χ0n) is 10.8. The van der Waals surface area contributed by atoms with Crippen LogP contribution in [-0.2, 0) is 0 Å². The van der Waals surface area contributed by atoms with E-state index >= 15 is 0 Å². The Labute approximate surface area is 109 Å². The number of aromatic nitrogens is 3. The van der Waals surface area contributed by atoms with Crippen molar-refractivity contribution in [2.45, 2.75) is 26.8 Å². The molecular formula is C12H14N4O3. The number of nitrogens with one attached hydrogen (secondary N) is 1. The smallest absolute Gasteiger partial charge is 0.354 e. The van der Waals surface area contributed by atoms with Gasteiger partial charge in [-0.2, -0.15) is 0 Å². The molecule has 1 atom stereocenters. The summed E-state index contributed by atoms with van der Waals surface area (Å²) in [6, 6.07) is 1.16. The molecule has 0 aliphatic heterocycles. The largest absolute Gasteiger partial charge is 0.477 e. The van der Waals surface area contributed by atoms with Crippen LogP contribution in [0.1, 0.15) is 40.8 Å². The van der Waals surface area contributed by atoms with E-state index in [0.717, 1.165) is 0 Å². The van der Waals surface area contributed by atoms with Crippen molar-refractivity contribution in [3.63, 3.8) is 0 Å². The summed E-state index contributed by atoms with van der Waals surface area (Å²) in [6.45, 7) is 5.34. The Kier molecular flexibility index (Phi) is 3.46. The van der Waals surface area contributed by atoms with Crippen molar-refractivity contribution in [3.05, 3.63) is 35.3 Å². The monoisotopic (exact) mass is 262 g/mol. The van der Waals surface area contributed by atoms with Crippen LogP contribution in [0.4, 0.5) is 5.95 Å². The normalized spacial score (nSPS) is 12.2. The summed E-state index contributed by atoms with van der Waals surface area (Å²) in [5, 5.41) is 11.9. The number of carboxylic acid groups (broad SMARTS) is 1. The standard InChI is InChI=1S/C12H14N4O3/c1-6-4-9(11(17)18)16-12(14-6)15-8(3)10-13-5-7(2)19-10/h4-5,8H,1-3H3,(H,17,18)(H,14,15,16). The SMILES string of the molecule is Cc1cc(C(=O)O)nc(NC(C)c2ncc(C)o2)n1. The zero-order valence-corrected chi connectivity index (χ0v) is 10.8. The van der Waals surface area contributed by atoms with Crippen LogP contribution in [0.3, 0.4) is 0 Å². The molecule has 7 nitrogen and oxygen atoms in total. The minimum Gasteiger partial charge on any atom is -0.477 e. The van der Waals surface area contributed by atoms with Gasteiger partial charge in [-0.05, 0) is 26.8 Å². The Morgan fingerprint density at radius 2 is 2.16 bits per heavy atom. The van der Waals surface area contributed by atoms with Gasteiger partial charge in [0.05, 0.1) is 6.20 Å². The number of hydrogen-bond acceptors (Lipinski definition) is 6. The molecule has 19 heavy (non-hydrogen) atoms. The molecule has 1 unspecified atom stereocenters. The summed E-state index contributed by atoms with van der Waals surface area (Å²) in [6.07, 6.45) is 1.62. The molecule has 0 saturated carbocycles. The number of aryl methyl sites for hydroxylation is 2. The van der Waals surface area contributed by atoms with Gasteiger partial charge in [0, 0.05) is 5.69 Å². The van der Waals surface area contributed by atoms with Gasteiger partial charge in [-0.25, -0.2) is 19.7 Å². The van der Waals surface area contributed by atoms with E-state index in [1.54, 1.807) is 20.0 Å². The summed E-state index contributed by atoms with van der Waals surface area (Å²) in [4.78, 5) is 23.1. The van der Waals surface area contributed by atoms with Gasteiger partial charge in [-0.3, -0.25) is 0 Å². The number of oxazole rings is 1. The van der Waals surface area contributed by atoms with Gasteiger partial charge < -0.3 is 14.8 Å². The van der Waals surface area contributed by atoms with Crippen molar-refractivity contribution in [2.75, 3.05) is 5.32 Å². The summed E-state index contributed by atoms with van der Waals surface area (Å²) >= 11 is 0. The lowest BCUT2D eigenvalue weighted by Crippen LogP contribution is -2.12. The van der Waals surface area contributed by atoms with Crippen LogP contribution in [0, 0.1) is 13.8 Å². The Hall–Kier alpha value is -2.44. The van der Waals surface area contributed by atoms with E-state index in [0.29, 0.717) is 17.3 Å². The van der Waals surface area contributed by atoms with Gasteiger partial charge >= 0.3 is 5.97 Å². The number of anilines is 1. The number of carbonyl (C=O) groups is 1. The molecule has 2 rings (SSSR count). The van der Waals surface area contributed by atoms with Crippen LogP contribution in [0.25, 0.3) is 0 Å². The second-order valence-corrected chi connectivity index (χ2v) is 4.20. The second-order valence-electron chi connectivity index (χ2n) is 4.20. The van der Waals surface area contributed by atoms with Gasteiger partial charge in [-0.1, -0.05) is 0 Å². The third-order valence-corrected chi connectivity index (χ3v) is 2.43. The molecule has 2 N–H and O–H groups in total. The van der Waals surface area contributed by atoms with Gasteiger partial charge in [0.2, 0.25) is 11.8 Å². The van der Waals surface area contributed by atoms with Crippen LogP contribution < -0.4 is 5.32 Å². The third kappa shape index (κ3) is 3.06. The highest BCUT2D eigenvalue weighted by atomic mass is 16.4. The van der Waals surface area contributed by atoms with Crippen molar-refractivity contribution < 1.29 is 14.3 Å². The van der Waals surface area contributed by atoms with Gasteiger partial charge in [0.15, 0.2) is 5.69 Å². The first-order valence-electron chi connectivity index (χ1n) is 5.73. The lowest BCUT2D eigenvalue weighted by Gasteiger charge is -2.11. The molecule has 0 fully saturated rings. The molecule has 0 radical (unpaired) electrons. The summed E-state index contributed by atoms with van der Waals surface area (Å²) in [5.74, 6) is 0.355. The number of nitrogens with zero attached hydrogens (tertiary/aromatic N) is 3. The molecule has 100 valence electrons. The van der Waals surface area contributed by atoms with Crippen LogP contribution >= 0.6 is 0 Å². The average molecular weight is 262 g/mol. The van der Waals surface area contributed by atoms with Gasteiger partial charge in [-0.15, -0.1) is 0 Å². The van der Waals surface area contributed by atoms with E-state index in [9.17, 15) is 4.79 Å². The number of hydrogen-bond donors (Lipinski definition) is 2. The fourth-order valence-corrected chi connectivity index (χ4v) is 1.57. The Balaban J connectivity index is 2.21. The summed E-state index contributed by atoms with van der Waals surface area (Å²) in [5.41, 5.74) is 0.525. The van der Waals surface area contributed by atoms with Crippen molar-refractivity contribution >= 4 is 11.9 Å². The molecular weight excluding hydrogens is 248 g/mol. The Morgan fingerprint density at radius 3 is 2.74 bits per heavy atom. The maximum absolute atomic E-state index is 10.9. The van der Waals surface area contributed by atoms with Crippen LogP contribution in [0.15, 0.2) is 16.7 Å². The van der Waals surface area contributed by atoms with Crippen LogP contribution in [0.2, 0.25) is 0 Å². The zero-order chi connectivity index (χ0) is 14.0. The number of aromatic carboxylic acids is 1. The van der Waals surface area contributed by atoms with Crippen molar-refractivity contribution in [1.82, 2.24) is 15.0 Å². The van der Waals surface area contributed by atoms with E-state index in [-0.39, 0.29) is 17.7 Å². The molecule has 0 aliphatic rings. The van der Waals surface area contributed by atoms with Crippen molar-refractivity contribution in [2.24, 2.45) is 0 Å². The lowest BCUT2D eigenvalue weighted by molar-refractivity contribution is 0.0690. The molecule has 2 aromatic heterocycles. The fourth-order valence-electron chi connectivity index (χ4n) is 1.57. The van der Waals surface area contributed by atoms with Crippen molar-refractivity contribution in [1.29, 1.82) is 0 Å². The van der Waals surface area contributed by atoms with E-state index in [4.69, 9.17) is 9.52 Å². The highest BCUT2D eigenvalue weighted by Gasteiger charge is 2.14. The summed E-state index contributed by atoms with van der Waals surface area (Å²) in [7, 11) is 0. The molecule has 0 amide bonds. The highest BCUT2D eigenvalue weighted by molar-refractivity contribution is 5.85. The molecule has 2 aromatic rings. The van der Waals surface area contributed by atoms with Crippen molar-refractivity contribution in [3.8, 4) is 0 Å². The first-order chi connectivity index (χ1) is 8.95. The first kappa shape index (κ1) is 13.0. The maximum Gasteiger partial charge on any atom is 0.354 e. The van der Waals surface area contributed by atoms with E-state index < -0.39 is 5.97 Å². The quantitative estimate of drug-likeness (QED) is 0.868. The predicted octanol–water partition coefficient (Wildman–Crippen LogP) is 1.95. The molecule has 0 aliphatic carbocycles. The van der Waals surface area contributed by atoms with Crippen LogP contribution in [-0.4, -0.2) is 26.0 Å². The Bertz CT molecular complexity index is 609. The number of carboxylic acids is 1. The van der Waals surface area contributed by atoms with E-state index in [1.807, 2.05) is 6.92 Å². The molecule has 0 saturated heterocycles. The molecule has 0 spiro atoms. The Morgan fingerprint density at radius 1 is 1.42 bits per heavy atom. The molecule has 0 aromatic carbocycles. The molecule has 2 heterocycles. The van der Waals surface area contributed by atoms with Crippen LogP contribution in [0.5, 0.6) is 0 Å². The minimum atomic E-state index is -1.09. The highest BCUT2D eigenvalue weighted by Crippen LogP contribution is 2.17. The van der Waals surface area contributed by atoms with Gasteiger partial charge in [0.1, 0.15) is 11.8 Å². The minimum absolute atomic E-state index is 0.0502. The van der Waals surface area contributed by atoms with Gasteiger partial charge in [0.25, 0.3) is 0 Å². The topological polar surface area (TPSA) is 101 Å². The molecule has 0 bridgehead atoms. The average Bonchev–Trinajstić information content (AvgIpc) is 2.75. The number of rotatable bonds is 4. The third-order valence-electron chi connectivity index (χ3n) is 2.43. The predicted molar refractivity (Wildman–Crippen MR) is 67.0 cm³/mol.